The van der Waals surface area contributed by atoms with E-state index in [4.69, 9.17) is 14.2 Å². The van der Waals surface area contributed by atoms with Crippen LogP contribution >= 0.6 is 11.8 Å². The lowest BCUT2D eigenvalue weighted by molar-refractivity contribution is -0.320. The van der Waals surface area contributed by atoms with Gasteiger partial charge in [0.2, 0.25) is 0 Å². The fraction of sp³-hybridized carbons (Fsp3) is 1.00. The van der Waals surface area contributed by atoms with Crippen LogP contribution < -0.4 is 0 Å². The molecule has 130 valence electrons. The van der Waals surface area contributed by atoms with Gasteiger partial charge in [-0.25, -0.2) is 0 Å². The second-order valence-electron chi connectivity index (χ2n) is 5.31. The molecule has 2 aliphatic heterocycles. The third-order valence-electron chi connectivity index (χ3n) is 3.78. The monoisotopic (exact) mass is 342 g/mol. The molecule has 9 atom stereocenters. The van der Waals surface area contributed by atoms with Crippen LogP contribution in [0.5, 0.6) is 0 Å². The Kier molecular flexibility index (Phi) is 6.42. The van der Waals surface area contributed by atoms with Gasteiger partial charge in [-0.15, -0.1) is 0 Å². The van der Waals surface area contributed by atoms with Crippen molar-refractivity contribution in [2.75, 3.05) is 18.6 Å². The Labute approximate surface area is 131 Å². The zero-order chi connectivity index (χ0) is 16.4. The summed E-state index contributed by atoms with van der Waals surface area (Å²) >= 11 is 1.42. The van der Waals surface area contributed by atoms with Crippen LogP contribution in [0.25, 0.3) is 0 Å². The van der Waals surface area contributed by atoms with E-state index in [1.165, 1.54) is 11.8 Å². The normalized spacial score (nSPS) is 49.5. The summed E-state index contributed by atoms with van der Waals surface area (Å²) in [5.74, 6) is 0.437. The van der Waals surface area contributed by atoms with Crippen molar-refractivity contribution in [1.29, 1.82) is 0 Å². The van der Waals surface area contributed by atoms with Crippen LogP contribution in [-0.4, -0.2) is 105 Å². The van der Waals surface area contributed by atoms with E-state index in [9.17, 15) is 30.6 Å². The minimum Gasteiger partial charge on any atom is -0.394 e. The van der Waals surface area contributed by atoms with Crippen molar-refractivity contribution in [1.82, 2.24) is 0 Å². The van der Waals surface area contributed by atoms with E-state index in [-0.39, 0.29) is 0 Å². The summed E-state index contributed by atoms with van der Waals surface area (Å²) in [4.78, 5) is 0. The number of hydrogen-bond acceptors (Lipinski definition) is 10. The van der Waals surface area contributed by atoms with Gasteiger partial charge in [0, 0.05) is 5.75 Å². The average molecular weight is 342 g/mol. The largest absolute Gasteiger partial charge is 0.394 e. The van der Waals surface area contributed by atoms with Gasteiger partial charge in [0.05, 0.1) is 12.7 Å². The number of thioether (sulfide) groups is 1. The molecule has 2 aliphatic rings. The molecule has 22 heavy (non-hydrogen) atoms. The first kappa shape index (κ1) is 18.3. The fourth-order valence-corrected chi connectivity index (χ4v) is 3.12. The molecule has 2 rings (SSSR count). The Morgan fingerprint density at radius 3 is 2.18 bits per heavy atom. The second kappa shape index (κ2) is 7.71. The van der Waals surface area contributed by atoms with Gasteiger partial charge in [0.25, 0.3) is 0 Å². The zero-order valence-electron chi connectivity index (χ0n) is 11.9. The fourth-order valence-electron chi connectivity index (χ4n) is 2.52. The molecule has 0 aromatic carbocycles. The third kappa shape index (κ3) is 3.56. The van der Waals surface area contributed by atoms with Gasteiger partial charge in [0.15, 0.2) is 12.6 Å². The molecule has 0 aromatic heterocycles. The predicted octanol–water partition coefficient (Wildman–Crippen LogP) is -3.39. The first-order valence-electron chi connectivity index (χ1n) is 6.87. The molecule has 2 saturated heterocycles. The summed E-state index contributed by atoms with van der Waals surface area (Å²) in [6, 6.07) is 0. The Balaban J connectivity index is 2.04. The molecule has 3 unspecified atom stereocenters. The summed E-state index contributed by atoms with van der Waals surface area (Å²) in [5, 5.41) is 58.0. The molecule has 0 radical (unpaired) electrons. The summed E-state index contributed by atoms with van der Waals surface area (Å²) < 4.78 is 15.7. The van der Waals surface area contributed by atoms with Crippen molar-refractivity contribution in [3.05, 3.63) is 0 Å². The molecule has 0 spiro atoms. The van der Waals surface area contributed by atoms with Gasteiger partial charge in [-0.1, -0.05) is 0 Å². The molecular weight excluding hydrogens is 320 g/mol. The van der Waals surface area contributed by atoms with Crippen molar-refractivity contribution in [3.63, 3.8) is 0 Å². The van der Waals surface area contributed by atoms with E-state index in [0.29, 0.717) is 5.75 Å². The summed E-state index contributed by atoms with van der Waals surface area (Å²) in [7, 11) is 0. The molecule has 2 heterocycles. The lowest BCUT2D eigenvalue weighted by Crippen LogP contribution is -2.60. The van der Waals surface area contributed by atoms with Crippen LogP contribution in [0.1, 0.15) is 0 Å². The lowest BCUT2D eigenvalue weighted by atomic mass is 9.99. The standard InChI is InChI=1S/C12H22O9S/c1-22-3-5-6(14)9(17)12(20-5)21-10-4(2-13)19-11(18)8(16)7(10)15/h4-18H,2-3H2,1H3/t4?,5-,6-,7-,8?,9?,10-,11+,12-/m1/s1. The highest BCUT2D eigenvalue weighted by molar-refractivity contribution is 7.98. The van der Waals surface area contributed by atoms with Crippen LogP contribution in [0, 0.1) is 0 Å². The minimum atomic E-state index is -1.66. The van der Waals surface area contributed by atoms with Crippen molar-refractivity contribution >= 4 is 11.8 Å². The van der Waals surface area contributed by atoms with Crippen molar-refractivity contribution in [2.45, 2.75) is 55.3 Å². The molecule has 9 nitrogen and oxygen atoms in total. The van der Waals surface area contributed by atoms with Crippen molar-refractivity contribution < 1.29 is 44.8 Å². The minimum absolute atomic E-state index is 0.437. The van der Waals surface area contributed by atoms with Gasteiger partial charge in [-0.2, -0.15) is 11.8 Å². The van der Waals surface area contributed by atoms with Crippen LogP contribution in [0.3, 0.4) is 0 Å². The molecule has 10 heteroatoms. The maximum Gasteiger partial charge on any atom is 0.187 e. The van der Waals surface area contributed by atoms with Crippen LogP contribution in [-0.2, 0) is 14.2 Å². The molecular formula is C12H22O9S. The van der Waals surface area contributed by atoms with Crippen LogP contribution in [0.2, 0.25) is 0 Å². The molecule has 0 bridgehead atoms. The molecule has 0 aliphatic carbocycles. The first-order valence-corrected chi connectivity index (χ1v) is 8.26. The molecule has 0 amide bonds. The molecule has 6 N–H and O–H groups in total. The average Bonchev–Trinajstić information content (AvgIpc) is 2.76. The molecule has 0 aromatic rings. The van der Waals surface area contributed by atoms with Gasteiger partial charge in [0.1, 0.15) is 36.6 Å². The number of hydrogen-bond donors (Lipinski definition) is 6. The van der Waals surface area contributed by atoms with Crippen LogP contribution in [0.15, 0.2) is 0 Å². The van der Waals surface area contributed by atoms with Gasteiger partial charge < -0.3 is 44.8 Å². The lowest BCUT2D eigenvalue weighted by Gasteiger charge is -2.41. The predicted molar refractivity (Wildman–Crippen MR) is 73.9 cm³/mol. The van der Waals surface area contributed by atoms with Gasteiger partial charge in [-0.3, -0.25) is 0 Å². The topological polar surface area (TPSA) is 149 Å². The Morgan fingerprint density at radius 1 is 0.909 bits per heavy atom. The van der Waals surface area contributed by atoms with E-state index in [0.717, 1.165) is 0 Å². The Hall–Kier alpha value is -0.0100. The third-order valence-corrected chi connectivity index (χ3v) is 4.44. The zero-order valence-corrected chi connectivity index (χ0v) is 12.7. The second-order valence-corrected chi connectivity index (χ2v) is 6.22. The van der Waals surface area contributed by atoms with E-state index < -0.39 is 61.9 Å². The molecule has 0 saturated carbocycles. The highest BCUT2D eigenvalue weighted by atomic mass is 32.2. The Morgan fingerprint density at radius 2 is 1.59 bits per heavy atom. The van der Waals surface area contributed by atoms with E-state index in [2.05, 4.69) is 0 Å². The van der Waals surface area contributed by atoms with E-state index in [1.807, 2.05) is 6.26 Å². The maximum atomic E-state index is 9.96. The Bertz CT molecular complexity index is 357. The highest BCUT2D eigenvalue weighted by Gasteiger charge is 2.49. The van der Waals surface area contributed by atoms with E-state index >= 15 is 0 Å². The van der Waals surface area contributed by atoms with Crippen molar-refractivity contribution in [3.8, 4) is 0 Å². The number of aliphatic hydroxyl groups is 6. The summed E-state index contributed by atoms with van der Waals surface area (Å²) in [6.07, 6.45) is -9.73. The summed E-state index contributed by atoms with van der Waals surface area (Å²) in [5.41, 5.74) is 0. The SMILES string of the molecule is CSC[C@H]1O[C@H](O[C@@H]2C(CO)O[C@H](O)C(O)[C@H]2O)C(O)[C@@H]1O. The summed E-state index contributed by atoms with van der Waals surface area (Å²) in [6.45, 7) is -0.578. The number of ether oxygens (including phenoxy) is 3. The van der Waals surface area contributed by atoms with Gasteiger partial charge in [-0.05, 0) is 6.26 Å². The molecule has 2 fully saturated rings. The first-order chi connectivity index (χ1) is 10.4. The van der Waals surface area contributed by atoms with Gasteiger partial charge >= 0.3 is 0 Å². The number of aliphatic hydroxyl groups excluding tert-OH is 6. The van der Waals surface area contributed by atoms with E-state index in [1.54, 1.807) is 0 Å². The highest BCUT2D eigenvalue weighted by Crippen LogP contribution is 2.29. The quantitative estimate of drug-likeness (QED) is 0.299. The van der Waals surface area contributed by atoms with Crippen molar-refractivity contribution in [2.24, 2.45) is 0 Å². The number of rotatable bonds is 5. The van der Waals surface area contributed by atoms with Crippen LogP contribution in [0.4, 0.5) is 0 Å². The smallest absolute Gasteiger partial charge is 0.187 e. The maximum absolute atomic E-state index is 9.96.